The van der Waals surface area contributed by atoms with E-state index in [-0.39, 0.29) is 19.4 Å². The van der Waals surface area contributed by atoms with E-state index in [1.165, 1.54) is 4.90 Å². The molecule has 0 spiro atoms. The quantitative estimate of drug-likeness (QED) is 0.550. The highest BCUT2D eigenvalue weighted by atomic mass is 16.5. The molecule has 0 unspecified atom stereocenters. The molecule has 1 heterocycles. The summed E-state index contributed by atoms with van der Waals surface area (Å²) in [6, 6.07) is 5.72. The van der Waals surface area contributed by atoms with Gasteiger partial charge >= 0.3 is 0 Å². The first-order valence-electron chi connectivity index (χ1n) is 9.48. The van der Waals surface area contributed by atoms with E-state index in [9.17, 15) is 24.3 Å². The number of carbonyl (C=O) groups is 4. The Kier molecular flexibility index (Phi) is 7.54. The summed E-state index contributed by atoms with van der Waals surface area (Å²) in [5.41, 5.74) is 0.417. The third-order valence-electron chi connectivity index (χ3n) is 4.39. The predicted molar refractivity (Wildman–Crippen MR) is 99.4 cm³/mol. The number of rotatable bonds is 10. The number of carbonyl (C=O) groups excluding carboxylic acids is 4. The van der Waals surface area contributed by atoms with Crippen LogP contribution >= 0.6 is 0 Å². The van der Waals surface area contributed by atoms with Crippen molar-refractivity contribution in [2.45, 2.75) is 52.0 Å². The highest BCUT2D eigenvalue weighted by molar-refractivity contribution is 6.23. The van der Waals surface area contributed by atoms with E-state index < -0.39 is 36.2 Å². The SMILES string of the molecule is CCCOc1ccc(N2C(=O)C[C@H](N(CCC)C(=O)CCC(=O)[O-])C2=O)cc1. The van der Waals surface area contributed by atoms with Gasteiger partial charge in [-0.25, -0.2) is 4.90 Å². The Balaban J connectivity index is 2.15. The van der Waals surface area contributed by atoms with Crippen LogP contribution in [0.25, 0.3) is 0 Å². The molecule has 8 nitrogen and oxygen atoms in total. The van der Waals surface area contributed by atoms with Gasteiger partial charge in [0.25, 0.3) is 5.91 Å². The summed E-state index contributed by atoms with van der Waals surface area (Å²) >= 11 is 0. The molecule has 0 saturated carbocycles. The number of aliphatic carboxylic acids is 1. The minimum atomic E-state index is -1.33. The Bertz CT molecular complexity index is 731. The number of hydrogen-bond donors (Lipinski definition) is 0. The van der Waals surface area contributed by atoms with Crippen molar-refractivity contribution in [3.8, 4) is 5.75 Å². The fourth-order valence-electron chi connectivity index (χ4n) is 3.09. The maximum Gasteiger partial charge on any atom is 0.257 e. The molecule has 0 aliphatic carbocycles. The van der Waals surface area contributed by atoms with E-state index in [1.807, 2.05) is 13.8 Å². The first kappa shape index (κ1) is 21.4. The van der Waals surface area contributed by atoms with Gasteiger partial charge in [-0.15, -0.1) is 0 Å². The van der Waals surface area contributed by atoms with Crippen LogP contribution < -0.4 is 14.7 Å². The third kappa shape index (κ3) is 5.09. The Morgan fingerprint density at radius 1 is 1.14 bits per heavy atom. The van der Waals surface area contributed by atoms with Crippen molar-refractivity contribution in [2.75, 3.05) is 18.1 Å². The zero-order chi connectivity index (χ0) is 20.7. The topological polar surface area (TPSA) is 107 Å². The van der Waals surface area contributed by atoms with Gasteiger partial charge in [0, 0.05) is 18.9 Å². The Labute approximate surface area is 164 Å². The van der Waals surface area contributed by atoms with Crippen LogP contribution in [0, 0.1) is 0 Å². The fraction of sp³-hybridized carbons (Fsp3) is 0.500. The molecule has 1 aromatic rings. The lowest BCUT2D eigenvalue weighted by Gasteiger charge is -2.27. The maximum absolute atomic E-state index is 12.9. The first-order chi connectivity index (χ1) is 13.4. The van der Waals surface area contributed by atoms with Crippen LogP contribution in [0.1, 0.15) is 46.0 Å². The predicted octanol–water partition coefficient (Wildman–Crippen LogP) is 0.876. The molecule has 1 fully saturated rings. The Morgan fingerprint density at radius 2 is 1.82 bits per heavy atom. The molecule has 3 amide bonds. The van der Waals surface area contributed by atoms with Crippen molar-refractivity contribution in [2.24, 2.45) is 0 Å². The summed E-state index contributed by atoms with van der Waals surface area (Å²) in [6.07, 6.45) is 0.648. The van der Waals surface area contributed by atoms with Gasteiger partial charge in [-0.3, -0.25) is 14.4 Å². The molecule has 1 aliphatic heterocycles. The number of amides is 3. The Hall–Kier alpha value is -2.90. The zero-order valence-electron chi connectivity index (χ0n) is 16.2. The second kappa shape index (κ2) is 9.87. The summed E-state index contributed by atoms with van der Waals surface area (Å²) in [5, 5.41) is 10.6. The molecule has 1 aromatic carbocycles. The minimum absolute atomic E-state index is 0.121. The van der Waals surface area contributed by atoms with Crippen molar-refractivity contribution in [3.63, 3.8) is 0 Å². The number of ether oxygens (including phenoxy) is 1. The number of carboxylic acid groups (broad SMARTS) is 1. The van der Waals surface area contributed by atoms with Gasteiger partial charge in [0.1, 0.15) is 11.8 Å². The number of anilines is 1. The first-order valence-corrected chi connectivity index (χ1v) is 9.48. The van der Waals surface area contributed by atoms with Crippen LogP contribution in [0.2, 0.25) is 0 Å². The van der Waals surface area contributed by atoms with Crippen molar-refractivity contribution in [1.82, 2.24) is 4.90 Å². The molecule has 0 radical (unpaired) electrons. The summed E-state index contributed by atoms with van der Waals surface area (Å²) < 4.78 is 5.50. The highest BCUT2D eigenvalue weighted by Gasteiger charge is 2.43. The van der Waals surface area contributed by atoms with Crippen molar-refractivity contribution < 1.29 is 29.0 Å². The van der Waals surface area contributed by atoms with Crippen LogP contribution in [-0.2, 0) is 19.2 Å². The monoisotopic (exact) mass is 389 g/mol. The van der Waals surface area contributed by atoms with Crippen LogP contribution in [-0.4, -0.2) is 47.8 Å². The van der Waals surface area contributed by atoms with E-state index in [0.29, 0.717) is 24.5 Å². The van der Waals surface area contributed by atoms with Crippen molar-refractivity contribution in [3.05, 3.63) is 24.3 Å². The van der Waals surface area contributed by atoms with Crippen LogP contribution in [0.15, 0.2) is 24.3 Å². The smallest absolute Gasteiger partial charge is 0.257 e. The van der Waals surface area contributed by atoms with Crippen molar-refractivity contribution in [1.29, 1.82) is 0 Å². The summed E-state index contributed by atoms with van der Waals surface area (Å²) in [7, 11) is 0. The third-order valence-corrected chi connectivity index (χ3v) is 4.39. The van der Waals surface area contributed by atoms with Gasteiger partial charge in [0.05, 0.1) is 18.7 Å². The number of nitrogens with zero attached hydrogens (tertiary/aromatic N) is 2. The largest absolute Gasteiger partial charge is 0.550 e. The molecule has 8 heteroatoms. The normalized spacial score (nSPS) is 16.4. The van der Waals surface area contributed by atoms with E-state index in [1.54, 1.807) is 24.3 Å². The molecule has 152 valence electrons. The van der Waals surface area contributed by atoms with Gasteiger partial charge in [-0.05, 0) is 43.5 Å². The maximum atomic E-state index is 12.9. The zero-order valence-corrected chi connectivity index (χ0v) is 16.2. The molecule has 0 aromatic heterocycles. The number of benzene rings is 1. The summed E-state index contributed by atoms with van der Waals surface area (Å²) in [4.78, 5) is 50.8. The van der Waals surface area contributed by atoms with E-state index in [2.05, 4.69) is 0 Å². The highest BCUT2D eigenvalue weighted by Crippen LogP contribution is 2.28. The van der Waals surface area contributed by atoms with Gasteiger partial charge in [-0.2, -0.15) is 0 Å². The van der Waals surface area contributed by atoms with Gasteiger partial charge in [0.15, 0.2) is 0 Å². The molecule has 1 aliphatic rings. The minimum Gasteiger partial charge on any atom is -0.550 e. The molecule has 28 heavy (non-hydrogen) atoms. The average Bonchev–Trinajstić information content (AvgIpc) is 2.97. The molecule has 2 rings (SSSR count). The molecule has 1 atom stereocenters. The molecular weight excluding hydrogens is 364 g/mol. The summed E-state index contributed by atoms with van der Waals surface area (Å²) in [5.74, 6) is -2.03. The lowest BCUT2D eigenvalue weighted by Crippen LogP contribution is -2.46. The number of hydrogen-bond acceptors (Lipinski definition) is 6. The molecular formula is C20H25N2O6-. The lowest BCUT2D eigenvalue weighted by atomic mass is 10.1. The van der Waals surface area contributed by atoms with E-state index >= 15 is 0 Å². The van der Waals surface area contributed by atoms with E-state index in [0.717, 1.165) is 11.3 Å². The average molecular weight is 389 g/mol. The molecule has 0 bridgehead atoms. The second-order valence-electron chi connectivity index (χ2n) is 6.59. The van der Waals surface area contributed by atoms with Gasteiger partial charge in [-0.1, -0.05) is 13.8 Å². The molecule has 1 saturated heterocycles. The van der Waals surface area contributed by atoms with Crippen LogP contribution in [0.5, 0.6) is 5.75 Å². The summed E-state index contributed by atoms with van der Waals surface area (Å²) in [6.45, 7) is 4.68. The van der Waals surface area contributed by atoms with Crippen LogP contribution in [0.3, 0.4) is 0 Å². The second-order valence-corrected chi connectivity index (χ2v) is 6.59. The van der Waals surface area contributed by atoms with Crippen LogP contribution in [0.4, 0.5) is 5.69 Å². The van der Waals surface area contributed by atoms with E-state index in [4.69, 9.17) is 4.74 Å². The molecule has 0 N–H and O–H groups in total. The van der Waals surface area contributed by atoms with Gasteiger partial charge in [0.2, 0.25) is 11.8 Å². The lowest BCUT2D eigenvalue weighted by molar-refractivity contribution is -0.305. The van der Waals surface area contributed by atoms with Crippen molar-refractivity contribution >= 4 is 29.4 Å². The van der Waals surface area contributed by atoms with Gasteiger partial charge < -0.3 is 19.5 Å². The standard InChI is InChI=1S/C20H26N2O6/c1-3-11-21(17(23)9-10-19(25)26)16-13-18(24)22(20(16)27)14-5-7-15(8-6-14)28-12-4-2/h5-8,16H,3-4,9-13H2,1-2H3,(H,25,26)/p-1/t16-/m0/s1. The number of carboxylic acids is 1. The number of imide groups is 1. The fourth-order valence-corrected chi connectivity index (χ4v) is 3.09. The Morgan fingerprint density at radius 3 is 2.39 bits per heavy atom.